The molecule has 1 aromatic carbocycles. The zero-order valence-electron chi connectivity index (χ0n) is 16.4. The van der Waals surface area contributed by atoms with Crippen molar-refractivity contribution in [3.05, 3.63) is 66.5 Å². The molecule has 0 spiro atoms. The predicted molar refractivity (Wildman–Crippen MR) is 110 cm³/mol. The zero-order chi connectivity index (χ0) is 19.5. The minimum Gasteiger partial charge on any atom is -0.467 e. The summed E-state index contributed by atoms with van der Waals surface area (Å²) >= 11 is 0. The van der Waals surface area contributed by atoms with Gasteiger partial charge in [-0.3, -0.25) is 0 Å². The maximum atomic E-state index is 5.59. The van der Waals surface area contributed by atoms with Gasteiger partial charge in [-0.2, -0.15) is 5.10 Å². The van der Waals surface area contributed by atoms with E-state index in [0.717, 1.165) is 47.2 Å². The van der Waals surface area contributed by atoms with E-state index in [1.165, 1.54) is 0 Å². The smallest absolute Gasteiger partial charge is 0.168 e. The number of furan rings is 1. The Morgan fingerprint density at radius 3 is 2.54 bits per heavy atom. The lowest BCUT2D eigenvalue weighted by atomic mass is 10.3. The van der Waals surface area contributed by atoms with Crippen molar-refractivity contribution in [3.8, 4) is 5.69 Å². The van der Waals surface area contributed by atoms with Crippen LogP contribution in [0.25, 0.3) is 16.7 Å². The van der Waals surface area contributed by atoms with Gasteiger partial charge in [-0.15, -0.1) is 0 Å². The molecule has 3 heterocycles. The van der Waals surface area contributed by atoms with Crippen LogP contribution < -0.4 is 4.90 Å². The standard InChI is InChI=1S/C21H24N6O/c1-16-23-20(26(12-11-25(2)3)15-18-10-7-13-28-18)19-14-22-27(21(19)24-16)17-8-5-4-6-9-17/h4-10,13-14H,11-12,15H2,1-3H3. The Hall–Kier alpha value is -3.19. The fourth-order valence-electron chi connectivity index (χ4n) is 3.17. The van der Waals surface area contributed by atoms with Crippen molar-refractivity contribution in [3.63, 3.8) is 0 Å². The summed E-state index contributed by atoms with van der Waals surface area (Å²) in [4.78, 5) is 13.8. The molecule has 0 aliphatic heterocycles. The average Bonchev–Trinajstić information content (AvgIpc) is 3.34. The van der Waals surface area contributed by atoms with E-state index in [1.54, 1.807) is 6.26 Å². The van der Waals surface area contributed by atoms with Gasteiger partial charge >= 0.3 is 0 Å². The van der Waals surface area contributed by atoms with E-state index in [0.29, 0.717) is 6.54 Å². The van der Waals surface area contributed by atoms with Crippen LogP contribution in [-0.4, -0.2) is 51.8 Å². The minimum atomic E-state index is 0.642. The van der Waals surface area contributed by atoms with Gasteiger partial charge < -0.3 is 14.2 Å². The first kappa shape index (κ1) is 18.2. The van der Waals surface area contributed by atoms with Crippen LogP contribution in [-0.2, 0) is 6.54 Å². The summed E-state index contributed by atoms with van der Waals surface area (Å²) in [6.07, 6.45) is 3.55. The Balaban J connectivity index is 1.79. The number of aromatic nitrogens is 4. The van der Waals surface area contributed by atoms with Crippen LogP contribution in [0.5, 0.6) is 0 Å². The van der Waals surface area contributed by atoms with E-state index < -0.39 is 0 Å². The molecule has 7 heteroatoms. The maximum Gasteiger partial charge on any atom is 0.168 e. The summed E-state index contributed by atoms with van der Waals surface area (Å²) in [6.45, 7) is 4.28. The zero-order valence-corrected chi connectivity index (χ0v) is 16.4. The minimum absolute atomic E-state index is 0.642. The predicted octanol–water partition coefficient (Wildman–Crippen LogP) is 3.29. The Labute approximate surface area is 164 Å². The second-order valence-corrected chi connectivity index (χ2v) is 7.03. The topological polar surface area (TPSA) is 63.2 Å². The molecule has 0 bridgehead atoms. The molecule has 0 atom stereocenters. The Kier molecular flexibility index (Phi) is 5.08. The summed E-state index contributed by atoms with van der Waals surface area (Å²) in [5.41, 5.74) is 1.79. The largest absolute Gasteiger partial charge is 0.467 e. The van der Waals surface area contributed by atoms with Gasteiger partial charge in [0, 0.05) is 13.1 Å². The van der Waals surface area contributed by atoms with Gasteiger partial charge in [-0.25, -0.2) is 14.6 Å². The van der Waals surface area contributed by atoms with Crippen molar-refractivity contribution in [1.29, 1.82) is 0 Å². The molecule has 0 aliphatic rings. The normalized spacial score (nSPS) is 11.4. The fourth-order valence-corrected chi connectivity index (χ4v) is 3.17. The van der Waals surface area contributed by atoms with Crippen LogP contribution in [0.15, 0.2) is 59.3 Å². The van der Waals surface area contributed by atoms with Crippen LogP contribution in [0.4, 0.5) is 5.82 Å². The van der Waals surface area contributed by atoms with E-state index >= 15 is 0 Å². The summed E-state index contributed by atoms with van der Waals surface area (Å²) in [6, 6.07) is 13.9. The lowest BCUT2D eigenvalue weighted by Crippen LogP contribution is -2.32. The number of hydrogen-bond acceptors (Lipinski definition) is 6. The van der Waals surface area contributed by atoms with E-state index in [9.17, 15) is 0 Å². The van der Waals surface area contributed by atoms with Crippen LogP contribution in [0.1, 0.15) is 11.6 Å². The van der Waals surface area contributed by atoms with E-state index in [-0.39, 0.29) is 0 Å². The molecule has 7 nitrogen and oxygen atoms in total. The van der Waals surface area contributed by atoms with Gasteiger partial charge in [-0.05, 0) is 45.3 Å². The lowest BCUT2D eigenvalue weighted by Gasteiger charge is -2.25. The van der Waals surface area contributed by atoms with Crippen molar-refractivity contribution in [2.75, 3.05) is 32.1 Å². The van der Waals surface area contributed by atoms with Crippen LogP contribution >= 0.6 is 0 Å². The van der Waals surface area contributed by atoms with Gasteiger partial charge in [0.15, 0.2) is 5.65 Å². The molecule has 0 N–H and O–H groups in total. The summed E-state index contributed by atoms with van der Waals surface area (Å²) in [5.74, 6) is 2.50. The Bertz CT molecular complexity index is 1040. The number of aryl methyl sites for hydroxylation is 1. The SMILES string of the molecule is Cc1nc(N(CCN(C)C)Cc2ccco2)c2cnn(-c3ccccc3)c2n1. The monoisotopic (exact) mass is 376 g/mol. The second kappa shape index (κ2) is 7.82. The van der Waals surface area contributed by atoms with Gasteiger partial charge in [0.2, 0.25) is 0 Å². The highest BCUT2D eigenvalue weighted by atomic mass is 16.3. The number of likely N-dealkylation sites (N-methyl/N-ethyl adjacent to an activating group) is 1. The quantitative estimate of drug-likeness (QED) is 0.493. The number of hydrogen-bond donors (Lipinski definition) is 0. The third kappa shape index (κ3) is 3.75. The van der Waals surface area contributed by atoms with Crippen molar-refractivity contribution >= 4 is 16.9 Å². The molecular formula is C21H24N6O. The van der Waals surface area contributed by atoms with Gasteiger partial charge in [0.05, 0.1) is 30.1 Å². The number of fused-ring (bicyclic) bond motifs is 1. The number of benzene rings is 1. The molecule has 0 aliphatic carbocycles. The molecule has 0 unspecified atom stereocenters. The lowest BCUT2D eigenvalue weighted by molar-refractivity contribution is 0.407. The first-order valence-corrected chi connectivity index (χ1v) is 9.31. The first-order valence-electron chi connectivity index (χ1n) is 9.31. The van der Waals surface area contributed by atoms with Crippen LogP contribution in [0.3, 0.4) is 0 Å². The van der Waals surface area contributed by atoms with E-state index in [1.807, 2.05) is 60.3 Å². The average molecular weight is 376 g/mol. The fraction of sp³-hybridized carbons (Fsp3) is 0.286. The highest BCUT2D eigenvalue weighted by Crippen LogP contribution is 2.27. The van der Waals surface area contributed by atoms with Gasteiger partial charge in [0.1, 0.15) is 17.4 Å². The molecule has 4 aromatic rings. The molecule has 144 valence electrons. The van der Waals surface area contributed by atoms with Crippen LogP contribution in [0.2, 0.25) is 0 Å². The van der Waals surface area contributed by atoms with E-state index in [2.05, 4.69) is 34.0 Å². The third-order valence-electron chi connectivity index (χ3n) is 4.56. The number of para-hydroxylation sites is 1. The summed E-state index contributed by atoms with van der Waals surface area (Å²) < 4.78 is 7.46. The Morgan fingerprint density at radius 2 is 1.82 bits per heavy atom. The third-order valence-corrected chi connectivity index (χ3v) is 4.56. The molecule has 4 rings (SSSR count). The molecule has 0 fully saturated rings. The second-order valence-electron chi connectivity index (χ2n) is 7.03. The summed E-state index contributed by atoms with van der Waals surface area (Å²) in [7, 11) is 4.14. The van der Waals surface area contributed by atoms with Crippen molar-refractivity contribution in [1.82, 2.24) is 24.6 Å². The number of rotatable bonds is 7. The molecule has 28 heavy (non-hydrogen) atoms. The molecule has 3 aromatic heterocycles. The molecule has 0 saturated carbocycles. The van der Waals surface area contributed by atoms with Gasteiger partial charge in [0.25, 0.3) is 0 Å². The van der Waals surface area contributed by atoms with Crippen molar-refractivity contribution < 1.29 is 4.42 Å². The first-order chi connectivity index (χ1) is 13.6. The van der Waals surface area contributed by atoms with Crippen molar-refractivity contribution in [2.24, 2.45) is 0 Å². The highest BCUT2D eigenvalue weighted by molar-refractivity contribution is 5.88. The van der Waals surface area contributed by atoms with Crippen LogP contribution in [0, 0.1) is 6.92 Å². The maximum absolute atomic E-state index is 5.59. The summed E-state index contributed by atoms with van der Waals surface area (Å²) in [5, 5.41) is 5.53. The highest BCUT2D eigenvalue weighted by Gasteiger charge is 2.19. The number of nitrogens with zero attached hydrogens (tertiary/aromatic N) is 6. The van der Waals surface area contributed by atoms with Crippen molar-refractivity contribution in [2.45, 2.75) is 13.5 Å². The number of anilines is 1. The molecule has 0 saturated heterocycles. The molecule has 0 amide bonds. The van der Waals surface area contributed by atoms with E-state index in [4.69, 9.17) is 9.40 Å². The Morgan fingerprint density at radius 1 is 1.00 bits per heavy atom. The van der Waals surface area contributed by atoms with Gasteiger partial charge in [-0.1, -0.05) is 18.2 Å². The molecule has 0 radical (unpaired) electrons. The molecular weight excluding hydrogens is 352 g/mol.